The molecule has 0 spiro atoms. The fraction of sp³-hybridized carbons (Fsp3) is 0.385. The van der Waals surface area contributed by atoms with Crippen LogP contribution in [0.5, 0.6) is 0 Å². The largest absolute Gasteiger partial charge is 0.366 e. The average Bonchev–Trinajstić information content (AvgIpc) is 2.97. The molecule has 1 N–H and O–H groups in total. The van der Waals surface area contributed by atoms with E-state index in [0.29, 0.717) is 11.6 Å². The molecule has 31 heavy (non-hydrogen) atoms. The van der Waals surface area contributed by atoms with Gasteiger partial charge in [0.25, 0.3) is 5.91 Å². The number of carbonyl (C=O) groups excluding carboxylic acids is 2. The van der Waals surface area contributed by atoms with Gasteiger partial charge in [0.15, 0.2) is 0 Å². The molecule has 162 valence electrons. The minimum absolute atomic E-state index is 0.118. The lowest BCUT2D eigenvalue weighted by Crippen LogP contribution is -2.48. The van der Waals surface area contributed by atoms with Gasteiger partial charge in [-0.25, -0.2) is 4.79 Å². The second-order valence-electron chi connectivity index (χ2n) is 9.35. The van der Waals surface area contributed by atoms with Crippen molar-refractivity contribution in [1.29, 1.82) is 0 Å². The van der Waals surface area contributed by atoms with Crippen molar-refractivity contribution in [2.75, 3.05) is 11.4 Å². The van der Waals surface area contributed by atoms with Crippen molar-refractivity contribution >= 4 is 23.7 Å². The predicted octanol–water partition coefficient (Wildman–Crippen LogP) is 5.20. The molecule has 4 rings (SSSR count). The number of anilines is 1. The van der Waals surface area contributed by atoms with Crippen molar-refractivity contribution in [3.05, 3.63) is 70.4 Å². The summed E-state index contributed by atoms with van der Waals surface area (Å²) in [5.74, 6) is 0.144. The maximum absolute atomic E-state index is 12.9. The van der Waals surface area contributed by atoms with E-state index in [4.69, 9.17) is 0 Å². The third-order valence-electron chi connectivity index (χ3n) is 6.46. The second-order valence-corrected chi connectivity index (χ2v) is 9.35. The molecule has 0 bridgehead atoms. The molecule has 2 aromatic carbocycles. The molecule has 1 unspecified atom stereocenters. The fourth-order valence-electron chi connectivity index (χ4n) is 4.96. The highest BCUT2D eigenvalue weighted by Gasteiger charge is 2.36. The second kappa shape index (κ2) is 7.88. The van der Waals surface area contributed by atoms with E-state index in [1.807, 2.05) is 37.3 Å². The van der Waals surface area contributed by atoms with E-state index in [0.717, 1.165) is 29.7 Å². The van der Waals surface area contributed by atoms with Gasteiger partial charge in [-0.3, -0.25) is 9.69 Å². The molecule has 5 heteroatoms. The third kappa shape index (κ3) is 3.97. The number of nitrogens with one attached hydrogen (secondary N) is 1. The van der Waals surface area contributed by atoms with Crippen molar-refractivity contribution in [1.82, 2.24) is 10.2 Å². The minimum Gasteiger partial charge on any atom is -0.366 e. The van der Waals surface area contributed by atoms with E-state index in [9.17, 15) is 9.59 Å². The first-order valence-electron chi connectivity index (χ1n) is 11.0. The Morgan fingerprint density at radius 3 is 2.52 bits per heavy atom. The summed E-state index contributed by atoms with van der Waals surface area (Å²) in [6, 6.07) is 13.8. The number of hydrogen-bond acceptors (Lipinski definition) is 3. The number of urea groups is 1. The zero-order chi connectivity index (χ0) is 22.3. The van der Waals surface area contributed by atoms with E-state index >= 15 is 0 Å². The van der Waals surface area contributed by atoms with Gasteiger partial charge in [0, 0.05) is 17.8 Å². The van der Waals surface area contributed by atoms with Crippen LogP contribution in [0.1, 0.15) is 62.3 Å². The Balaban J connectivity index is 1.59. The molecule has 0 aliphatic carbocycles. The Morgan fingerprint density at radius 1 is 1.13 bits per heavy atom. The lowest BCUT2D eigenvalue weighted by molar-refractivity contribution is -0.123. The number of rotatable bonds is 4. The summed E-state index contributed by atoms with van der Waals surface area (Å²) in [5.41, 5.74) is 6.01. The smallest absolute Gasteiger partial charge is 0.329 e. The molecule has 1 fully saturated rings. The molecule has 0 saturated carbocycles. The molecular formula is C26H31N3O2. The van der Waals surface area contributed by atoms with Crippen LogP contribution in [-0.4, -0.2) is 28.9 Å². The molecule has 1 atom stereocenters. The summed E-state index contributed by atoms with van der Waals surface area (Å²) in [7, 11) is 0. The summed E-state index contributed by atoms with van der Waals surface area (Å²) in [4.78, 5) is 29.0. The topological polar surface area (TPSA) is 52.7 Å². The number of fused-ring (bicyclic) bond motifs is 1. The number of hydrogen-bond donors (Lipinski definition) is 1. The van der Waals surface area contributed by atoms with Crippen molar-refractivity contribution in [2.45, 2.75) is 59.0 Å². The van der Waals surface area contributed by atoms with Crippen LogP contribution < -0.4 is 10.2 Å². The Bertz CT molecular complexity index is 1050. The number of carbonyl (C=O) groups is 2. The van der Waals surface area contributed by atoms with Crippen LogP contribution in [0.15, 0.2) is 48.2 Å². The molecule has 2 aromatic rings. The number of aryl methyl sites for hydroxylation is 1. The number of nitrogens with zero attached hydrogens (tertiary/aromatic N) is 2. The van der Waals surface area contributed by atoms with Crippen LogP contribution >= 0.6 is 0 Å². The molecule has 3 amide bonds. The third-order valence-corrected chi connectivity index (χ3v) is 6.46. The van der Waals surface area contributed by atoms with Crippen LogP contribution in [-0.2, 0) is 11.3 Å². The Morgan fingerprint density at radius 2 is 1.84 bits per heavy atom. The maximum Gasteiger partial charge on any atom is 0.329 e. The Kier molecular flexibility index (Phi) is 5.38. The Labute approximate surface area is 184 Å². The average molecular weight is 418 g/mol. The van der Waals surface area contributed by atoms with Crippen molar-refractivity contribution in [3.63, 3.8) is 0 Å². The molecular weight excluding hydrogens is 386 g/mol. The van der Waals surface area contributed by atoms with Gasteiger partial charge in [-0.2, -0.15) is 0 Å². The van der Waals surface area contributed by atoms with Crippen LogP contribution in [0.4, 0.5) is 10.5 Å². The monoisotopic (exact) mass is 417 g/mol. The Hall–Kier alpha value is -3.08. The molecule has 2 aliphatic heterocycles. The zero-order valence-electron chi connectivity index (χ0n) is 19.0. The van der Waals surface area contributed by atoms with Gasteiger partial charge >= 0.3 is 6.03 Å². The number of benzene rings is 2. The van der Waals surface area contributed by atoms with Crippen molar-refractivity contribution < 1.29 is 9.59 Å². The first-order valence-corrected chi connectivity index (χ1v) is 11.0. The SMILES string of the molecule is CCN1c2ccc(/C=C3\NC(=O)N(Cc4ccc(C)cc4)C3=O)cc2C(C)CC1(C)C. The molecule has 0 aromatic heterocycles. The molecule has 5 nitrogen and oxygen atoms in total. The highest BCUT2D eigenvalue weighted by atomic mass is 16.2. The lowest BCUT2D eigenvalue weighted by atomic mass is 9.79. The number of amides is 3. The molecule has 2 aliphatic rings. The standard InChI is InChI=1S/C26H31N3O2/c1-6-29-23-12-11-20(13-21(23)18(3)15-26(29,4)5)14-22-24(30)28(25(31)27-22)16-19-9-7-17(2)8-10-19/h7-14,18H,6,15-16H2,1-5H3,(H,27,31)/b22-14-. The minimum atomic E-state index is -0.373. The van der Waals surface area contributed by atoms with E-state index in [2.05, 4.69) is 50.0 Å². The first kappa shape index (κ1) is 21.2. The van der Waals surface area contributed by atoms with Gasteiger partial charge in [0.2, 0.25) is 0 Å². The predicted molar refractivity (Wildman–Crippen MR) is 125 cm³/mol. The summed E-state index contributed by atoms with van der Waals surface area (Å²) in [6.45, 7) is 12.3. The first-order chi connectivity index (χ1) is 14.7. The van der Waals surface area contributed by atoms with Crippen LogP contribution in [0.25, 0.3) is 6.08 Å². The van der Waals surface area contributed by atoms with Gasteiger partial charge < -0.3 is 10.2 Å². The highest BCUT2D eigenvalue weighted by Crippen LogP contribution is 2.43. The summed E-state index contributed by atoms with van der Waals surface area (Å²) in [6.07, 6.45) is 2.87. The summed E-state index contributed by atoms with van der Waals surface area (Å²) in [5, 5.41) is 2.75. The van der Waals surface area contributed by atoms with E-state index < -0.39 is 0 Å². The lowest BCUT2D eigenvalue weighted by Gasteiger charge is -2.47. The van der Waals surface area contributed by atoms with Crippen molar-refractivity contribution in [3.8, 4) is 0 Å². The van der Waals surface area contributed by atoms with E-state index in [-0.39, 0.29) is 24.0 Å². The van der Waals surface area contributed by atoms with E-state index in [1.54, 1.807) is 6.08 Å². The van der Waals surface area contributed by atoms with Gasteiger partial charge in [-0.05, 0) is 74.9 Å². The zero-order valence-corrected chi connectivity index (χ0v) is 19.0. The van der Waals surface area contributed by atoms with Crippen molar-refractivity contribution in [2.24, 2.45) is 0 Å². The van der Waals surface area contributed by atoms with Crippen LogP contribution in [0.2, 0.25) is 0 Å². The summed E-state index contributed by atoms with van der Waals surface area (Å²) >= 11 is 0. The fourth-order valence-corrected chi connectivity index (χ4v) is 4.96. The molecule has 1 saturated heterocycles. The van der Waals surface area contributed by atoms with E-state index in [1.165, 1.54) is 16.2 Å². The maximum atomic E-state index is 12.9. The van der Waals surface area contributed by atoms with Gasteiger partial charge in [0.1, 0.15) is 5.70 Å². The molecule has 2 heterocycles. The summed E-state index contributed by atoms with van der Waals surface area (Å²) < 4.78 is 0. The molecule has 0 radical (unpaired) electrons. The van der Waals surface area contributed by atoms with Gasteiger partial charge in [-0.1, -0.05) is 42.8 Å². The number of imide groups is 1. The van der Waals surface area contributed by atoms with Crippen LogP contribution in [0.3, 0.4) is 0 Å². The van der Waals surface area contributed by atoms with Gasteiger partial charge in [0.05, 0.1) is 6.54 Å². The normalized spacial score (nSPS) is 21.5. The van der Waals surface area contributed by atoms with Gasteiger partial charge in [-0.15, -0.1) is 0 Å². The quantitative estimate of drug-likeness (QED) is 0.549. The highest BCUT2D eigenvalue weighted by molar-refractivity contribution is 6.13. The van der Waals surface area contributed by atoms with Crippen LogP contribution in [0, 0.1) is 6.92 Å².